The first-order valence-electron chi connectivity index (χ1n) is 9.37. The number of pyridine rings is 1. The van der Waals surface area contributed by atoms with Gasteiger partial charge in [0.1, 0.15) is 11.6 Å². The SMILES string of the molecule is CCNC(=NCc1ccc(Oc2cccc(F)c2)nc1)NCc1sc(C)nc1C.I. The molecule has 0 aliphatic rings. The van der Waals surface area contributed by atoms with Crippen LogP contribution in [-0.4, -0.2) is 22.5 Å². The minimum absolute atomic E-state index is 0. The second-order valence-corrected chi connectivity index (χ2v) is 7.64. The Balaban J connectivity index is 0.00000320. The lowest BCUT2D eigenvalue weighted by molar-refractivity contribution is 0.457. The maximum atomic E-state index is 13.2. The van der Waals surface area contributed by atoms with E-state index in [4.69, 9.17) is 4.74 Å². The van der Waals surface area contributed by atoms with E-state index in [2.05, 4.69) is 25.6 Å². The van der Waals surface area contributed by atoms with E-state index in [1.54, 1.807) is 35.7 Å². The van der Waals surface area contributed by atoms with Crippen molar-refractivity contribution in [2.45, 2.75) is 33.9 Å². The summed E-state index contributed by atoms with van der Waals surface area (Å²) in [5.41, 5.74) is 1.99. The van der Waals surface area contributed by atoms with Gasteiger partial charge in [-0.1, -0.05) is 12.1 Å². The summed E-state index contributed by atoms with van der Waals surface area (Å²) in [7, 11) is 0. The summed E-state index contributed by atoms with van der Waals surface area (Å²) in [6.07, 6.45) is 1.71. The van der Waals surface area contributed by atoms with Crippen LogP contribution in [0.25, 0.3) is 0 Å². The highest BCUT2D eigenvalue weighted by Crippen LogP contribution is 2.20. The van der Waals surface area contributed by atoms with Crippen LogP contribution in [0.5, 0.6) is 11.6 Å². The average Bonchev–Trinajstić information content (AvgIpc) is 3.02. The summed E-state index contributed by atoms with van der Waals surface area (Å²) in [5, 5.41) is 7.64. The summed E-state index contributed by atoms with van der Waals surface area (Å²) in [6, 6.07) is 9.61. The van der Waals surface area contributed by atoms with Gasteiger partial charge in [-0.05, 0) is 38.5 Å². The van der Waals surface area contributed by atoms with Crippen molar-refractivity contribution in [2.75, 3.05) is 6.54 Å². The van der Waals surface area contributed by atoms with Crippen molar-refractivity contribution in [1.82, 2.24) is 20.6 Å². The monoisotopic (exact) mass is 541 g/mol. The fraction of sp³-hybridized carbons (Fsp3) is 0.286. The predicted molar refractivity (Wildman–Crippen MR) is 129 cm³/mol. The zero-order valence-corrected chi connectivity index (χ0v) is 20.3. The van der Waals surface area contributed by atoms with Gasteiger partial charge in [-0.15, -0.1) is 35.3 Å². The van der Waals surface area contributed by atoms with Crippen molar-refractivity contribution in [1.29, 1.82) is 0 Å². The molecule has 3 rings (SSSR count). The van der Waals surface area contributed by atoms with Crippen LogP contribution in [0.4, 0.5) is 4.39 Å². The highest BCUT2D eigenvalue weighted by Gasteiger charge is 2.06. The minimum atomic E-state index is -0.347. The molecule has 3 aromatic rings. The fourth-order valence-corrected chi connectivity index (χ4v) is 3.51. The topological polar surface area (TPSA) is 71.4 Å². The number of hydrogen-bond donors (Lipinski definition) is 2. The minimum Gasteiger partial charge on any atom is -0.439 e. The quantitative estimate of drug-likeness (QED) is 0.252. The van der Waals surface area contributed by atoms with Gasteiger partial charge in [-0.2, -0.15) is 0 Å². The Bertz CT molecular complexity index is 978. The number of aromatic nitrogens is 2. The summed E-state index contributed by atoms with van der Waals surface area (Å²) in [5.74, 6) is 1.21. The largest absolute Gasteiger partial charge is 0.439 e. The number of thiazole rings is 1. The lowest BCUT2D eigenvalue weighted by Gasteiger charge is -2.11. The smallest absolute Gasteiger partial charge is 0.219 e. The lowest BCUT2D eigenvalue weighted by Crippen LogP contribution is -2.36. The third-order valence-electron chi connectivity index (χ3n) is 4.00. The highest BCUT2D eigenvalue weighted by molar-refractivity contribution is 14.0. The second-order valence-electron chi connectivity index (χ2n) is 6.35. The average molecular weight is 541 g/mol. The lowest BCUT2D eigenvalue weighted by atomic mass is 10.3. The van der Waals surface area contributed by atoms with Gasteiger partial charge in [0.05, 0.1) is 23.8 Å². The Kier molecular flexibility index (Phi) is 9.44. The van der Waals surface area contributed by atoms with Crippen LogP contribution in [0.2, 0.25) is 0 Å². The van der Waals surface area contributed by atoms with E-state index in [1.165, 1.54) is 17.0 Å². The Hall–Kier alpha value is -2.27. The second kappa shape index (κ2) is 11.8. The van der Waals surface area contributed by atoms with E-state index in [-0.39, 0.29) is 29.8 Å². The summed E-state index contributed by atoms with van der Waals surface area (Å²) in [6.45, 7) is 7.98. The van der Waals surface area contributed by atoms with Gasteiger partial charge < -0.3 is 15.4 Å². The molecular weight excluding hydrogens is 516 g/mol. The molecule has 0 bridgehead atoms. The zero-order valence-electron chi connectivity index (χ0n) is 17.1. The molecular formula is C21H25FIN5OS. The maximum absolute atomic E-state index is 13.2. The molecule has 0 amide bonds. The number of hydrogen-bond acceptors (Lipinski definition) is 5. The van der Waals surface area contributed by atoms with E-state index in [9.17, 15) is 4.39 Å². The van der Waals surface area contributed by atoms with Gasteiger partial charge >= 0.3 is 0 Å². The summed E-state index contributed by atoms with van der Waals surface area (Å²) in [4.78, 5) is 14.5. The maximum Gasteiger partial charge on any atom is 0.219 e. The van der Waals surface area contributed by atoms with Crippen LogP contribution in [0.15, 0.2) is 47.6 Å². The first-order valence-corrected chi connectivity index (χ1v) is 10.2. The molecule has 2 heterocycles. The molecule has 2 aromatic heterocycles. The van der Waals surface area contributed by atoms with Crippen LogP contribution in [-0.2, 0) is 13.1 Å². The van der Waals surface area contributed by atoms with Gasteiger partial charge in [0, 0.05) is 29.8 Å². The number of nitrogens with zero attached hydrogens (tertiary/aromatic N) is 3. The zero-order chi connectivity index (χ0) is 20.6. The van der Waals surface area contributed by atoms with Gasteiger partial charge in [0.2, 0.25) is 5.88 Å². The Morgan fingerprint density at radius 2 is 2.03 bits per heavy atom. The van der Waals surface area contributed by atoms with Gasteiger partial charge in [0.25, 0.3) is 0 Å². The summed E-state index contributed by atoms with van der Waals surface area (Å²) >= 11 is 1.69. The Morgan fingerprint density at radius 3 is 2.67 bits per heavy atom. The Morgan fingerprint density at radius 1 is 1.20 bits per heavy atom. The molecule has 0 aliphatic heterocycles. The van der Waals surface area contributed by atoms with Crippen molar-refractivity contribution in [2.24, 2.45) is 4.99 Å². The highest BCUT2D eigenvalue weighted by atomic mass is 127. The number of aryl methyl sites for hydroxylation is 2. The van der Waals surface area contributed by atoms with E-state index in [0.29, 0.717) is 24.7 Å². The van der Waals surface area contributed by atoms with Gasteiger partial charge in [-0.25, -0.2) is 19.4 Å². The van der Waals surface area contributed by atoms with Crippen molar-refractivity contribution < 1.29 is 9.13 Å². The molecule has 0 radical (unpaired) electrons. The van der Waals surface area contributed by atoms with Crippen LogP contribution in [0.3, 0.4) is 0 Å². The molecule has 0 spiro atoms. The number of rotatable bonds is 7. The van der Waals surface area contributed by atoms with Crippen LogP contribution < -0.4 is 15.4 Å². The molecule has 6 nitrogen and oxygen atoms in total. The van der Waals surface area contributed by atoms with Crippen molar-refractivity contribution in [3.8, 4) is 11.6 Å². The number of guanidine groups is 1. The van der Waals surface area contributed by atoms with E-state index >= 15 is 0 Å². The fourth-order valence-electron chi connectivity index (χ4n) is 2.63. The third-order valence-corrected chi connectivity index (χ3v) is 5.07. The molecule has 30 heavy (non-hydrogen) atoms. The van der Waals surface area contributed by atoms with Gasteiger partial charge in [0.15, 0.2) is 5.96 Å². The first-order chi connectivity index (χ1) is 14.0. The molecule has 0 atom stereocenters. The van der Waals surface area contributed by atoms with Crippen molar-refractivity contribution >= 4 is 41.3 Å². The van der Waals surface area contributed by atoms with E-state index in [1.807, 2.05) is 26.8 Å². The number of halogens is 2. The molecule has 160 valence electrons. The van der Waals surface area contributed by atoms with E-state index < -0.39 is 0 Å². The molecule has 0 saturated heterocycles. The molecule has 0 aliphatic carbocycles. The van der Waals surface area contributed by atoms with Gasteiger partial charge in [-0.3, -0.25) is 0 Å². The third kappa shape index (κ3) is 7.21. The molecule has 0 fully saturated rings. The first kappa shape index (κ1) is 24.0. The van der Waals surface area contributed by atoms with Crippen LogP contribution >= 0.6 is 35.3 Å². The summed E-state index contributed by atoms with van der Waals surface area (Å²) < 4.78 is 18.8. The van der Waals surface area contributed by atoms with E-state index in [0.717, 1.165) is 28.8 Å². The predicted octanol–water partition coefficient (Wildman–Crippen LogP) is 4.96. The van der Waals surface area contributed by atoms with Crippen molar-refractivity contribution in [3.05, 3.63) is 69.6 Å². The molecule has 2 N–H and O–H groups in total. The Labute approximate surface area is 197 Å². The standard InChI is InChI=1S/C21H24FN5OS.HI/c1-4-23-21(26-13-19-14(2)27-15(3)29-19)25-12-16-8-9-20(24-11-16)28-18-7-5-6-17(22)10-18;/h5-11H,4,12-13H2,1-3H3,(H2,23,25,26);1H. The number of ether oxygens (including phenoxy) is 1. The van der Waals surface area contributed by atoms with Crippen LogP contribution in [0.1, 0.15) is 28.1 Å². The molecule has 0 unspecified atom stereocenters. The molecule has 1 aromatic carbocycles. The normalized spacial score (nSPS) is 11.0. The molecule has 0 saturated carbocycles. The number of benzene rings is 1. The number of nitrogens with one attached hydrogen (secondary N) is 2. The van der Waals surface area contributed by atoms with Crippen LogP contribution in [0, 0.1) is 19.7 Å². The molecule has 9 heteroatoms. The van der Waals surface area contributed by atoms with Crippen molar-refractivity contribution in [3.63, 3.8) is 0 Å². The number of aliphatic imine (C=N–C) groups is 1.